The van der Waals surface area contributed by atoms with Gasteiger partial charge in [0.2, 0.25) is 5.91 Å². The molecule has 0 saturated heterocycles. The van der Waals surface area contributed by atoms with Crippen LogP contribution < -0.4 is 0 Å². The monoisotopic (exact) mass is 232 g/mol. The minimum absolute atomic E-state index is 0.176. The predicted molar refractivity (Wildman–Crippen MR) is 59.3 cm³/mol. The standard InChI is InChI=1S/C10H20N2O4/c1-11(2)5-4-6-12(3)9(13)7-16-8-10(14)15/h4-8H2,1-3H3,(H,14,15). The number of hydrogen-bond donors (Lipinski definition) is 1. The number of amides is 1. The zero-order chi connectivity index (χ0) is 12.6. The quantitative estimate of drug-likeness (QED) is 0.611. The van der Waals surface area contributed by atoms with Gasteiger partial charge in [0.1, 0.15) is 13.2 Å². The Morgan fingerprint density at radius 1 is 1.12 bits per heavy atom. The number of nitrogens with zero attached hydrogens (tertiary/aromatic N) is 2. The van der Waals surface area contributed by atoms with E-state index >= 15 is 0 Å². The Balaban J connectivity index is 3.61. The Morgan fingerprint density at radius 2 is 1.75 bits per heavy atom. The van der Waals surface area contributed by atoms with Gasteiger partial charge in [-0.3, -0.25) is 4.79 Å². The molecule has 0 aliphatic heterocycles. The van der Waals surface area contributed by atoms with Crippen molar-refractivity contribution in [1.82, 2.24) is 9.80 Å². The highest BCUT2D eigenvalue weighted by Gasteiger charge is 2.09. The number of ether oxygens (including phenoxy) is 1. The summed E-state index contributed by atoms with van der Waals surface area (Å²) < 4.78 is 4.70. The average molecular weight is 232 g/mol. The summed E-state index contributed by atoms with van der Waals surface area (Å²) in [5.41, 5.74) is 0. The second-order valence-electron chi connectivity index (χ2n) is 3.86. The molecule has 6 nitrogen and oxygen atoms in total. The number of carboxylic acid groups (broad SMARTS) is 1. The fraction of sp³-hybridized carbons (Fsp3) is 0.800. The molecule has 0 spiro atoms. The van der Waals surface area contributed by atoms with Crippen LogP contribution >= 0.6 is 0 Å². The van der Waals surface area contributed by atoms with Crippen LogP contribution in [0.1, 0.15) is 6.42 Å². The summed E-state index contributed by atoms with van der Waals surface area (Å²) in [6.07, 6.45) is 0.883. The van der Waals surface area contributed by atoms with Crippen LogP contribution in [0, 0.1) is 0 Å². The maximum atomic E-state index is 11.4. The summed E-state index contributed by atoms with van der Waals surface area (Å²) in [6, 6.07) is 0. The lowest BCUT2D eigenvalue weighted by Gasteiger charge is -2.18. The molecule has 0 radical (unpaired) electrons. The molecular formula is C10H20N2O4. The minimum atomic E-state index is -1.07. The van der Waals surface area contributed by atoms with Crippen molar-refractivity contribution in [3.05, 3.63) is 0 Å². The van der Waals surface area contributed by atoms with Gasteiger partial charge in [-0.15, -0.1) is 0 Å². The lowest BCUT2D eigenvalue weighted by Crippen LogP contribution is -2.33. The Bertz CT molecular complexity index is 231. The first-order valence-electron chi connectivity index (χ1n) is 5.11. The highest BCUT2D eigenvalue weighted by molar-refractivity contribution is 5.77. The first-order valence-corrected chi connectivity index (χ1v) is 5.11. The van der Waals surface area contributed by atoms with Crippen LogP contribution in [-0.2, 0) is 14.3 Å². The van der Waals surface area contributed by atoms with Crippen LogP contribution in [0.3, 0.4) is 0 Å². The molecule has 0 atom stereocenters. The molecule has 94 valence electrons. The third kappa shape index (κ3) is 8.19. The second kappa shape index (κ2) is 8.06. The van der Waals surface area contributed by atoms with Crippen molar-refractivity contribution in [2.45, 2.75) is 6.42 Å². The maximum Gasteiger partial charge on any atom is 0.329 e. The number of carbonyl (C=O) groups excluding carboxylic acids is 1. The molecule has 1 N–H and O–H groups in total. The molecule has 0 saturated carbocycles. The van der Waals surface area contributed by atoms with Gasteiger partial charge in [-0.2, -0.15) is 0 Å². The summed E-state index contributed by atoms with van der Waals surface area (Å²) in [6.45, 7) is 0.948. The van der Waals surface area contributed by atoms with Gasteiger partial charge in [0, 0.05) is 13.6 Å². The first-order chi connectivity index (χ1) is 7.43. The van der Waals surface area contributed by atoms with Crippen LogP contribution in [0.4, 0.5) is 0 Å². The fourth-order valence-corrected chi connectivity index (χ4v) is 1.08. The van der Waals surface area contributed by atoms with Gasteiger partial charge in [0.05, 0.1) is 0 Å². The Morgan fingerprint density at radius 3 is 2.25 bits per heavy atom. The lowest BCUT2D eigenvalue weighted by molar-refractivity contribution is -0.145. The van der Waals surface area contributed by atoms with Crippen molar-refractivity contribution in [3.63, 3.8) is 0 Å². The lowest BCUT2D eigenvalue weighted by atomic mass is 10.3. The third-order valence-electron chi connectivity index (χ3n) is 1.98. The number of carbonyl (C=O) groups is 2. The molecular weight excluding hydrogens is 212 g/mol. The molecule has 0 aliphatic carbocycles. The van der Waals surface area contributed by atoms with Crippen molar-refractivity contribution in [2.24, 2.45) is 0 Å². The molecule has 0 aromatic heterocycles. The largest absolute Gasteiger partial charge is 0.480 e. The molecule has 0 unspecified atom stereocenters. The topological polar surface area (TPSA) is 70.1 Å². The van der Waals surface area contributed by atoms with E-state index < -0.39 is 12.6 Å². The molecule has 0 bridgehead atoms. The number of hydrogen-bond acceptors (Lipinski definition) is 4. The van der Waals surface area contributed by atoms with Crippen molar-refractivity contribution >= 4 is 11.9 Å². The summed E-state index contributed by atoms with van der Waals surface area (Å²) >= 11 is 0. The molecule has 0 aliphatic rings. The first kappa shape index (κ1) is 14.9. The zero-order valence-electron chi connectivity index (χ0n) is 10.1. The van der Waals surface area contributed by atoms with Gasteiger partial charge in [0.25, 0.3) is 0 Å². The van der Waals surface area contributed by atoms with Gasteiger partial charge in [-0.25, -0.2) is 4.79 Å². The normalized spacial score (nSPS) is 10.5. The SMILES string of the molecule is CN(C)CCCN(C)C(=O)COCC(=O)O. The third-order valence-corrected chi connectivity index (χ3v) is 1.98. The number of likely N-dealkylation sites (N-methyl/N-ethyl adjacent to an activating group) is 1. The van der Waals surface area contributed by atoms with Gasteiger partial charge in [0.15, 0.2) is 0 Å². The van der Waals surface area contributed by atoms with Crippen molar-refractivity contribution in [2.75, 3.05) is 47.4 Å². The van der Waals surface area contributed by atoms with Gasteiger partial charge in [-0.1, -0.05) is 0 Å². The minimum Gasteiger partial charge on any atom is -0.480 e. The molecule has 0 rings (SSSR count). The molecule has 16 heavy (non-hydrogen) atoms. The zero-order valence-corrected chi connectivity index (χ0v) is 10.1. The van der Waals surface area contributed by atoms with E-state index in [1.54, 1.807) is 11.9 Å². The van der Waals surface area contributed by atoms with E-state index in [1.807, 2.05) is 19.0 Å². The van der Waals surface area contributed by atoms with Gasteiger partial charge >= 0.3 is 5.97 Å². The van der Waals surface area contributed by atoms with Gasteiger partial charge in [-0.05, 0) is 27.1 Å². The van der Waals surface area contributed by atoms with E-state index in [4.69, 9.17) is 9.84 Å². The van der Waals surface area contributed by atoms with E-state index in [2.05, 4.69) is 0 Å². The average Bonchev–Trinajstić information content (AvgIpc) is 2.16. The van der Waals surface area contributed by atoms with Crippen LogP contribution in [0.25, 0.3) is 0 Å². The van der Waals surface area contributed by atoms with Crippen molar-refractivity contribution in [1.29, 1.82) is 0 Å². The van der Waals surface area contributed by atoms with Crippen LogP contribution in [0.2, 0.25) is 0 Å². The molecule has 0 aromatic carbocycles. The predicted octanol–water partition coefficient (Wildman–Crippen LogP) is -0.502. The van der Waals surface area contributed by atoms with Gasteiger partial charge < -0.3 is 19.6 Å². The van der Waals surface area contributed by atoms with E-state index in [1.165, 1.54) is 0 Å². The highest BCUT2D eigenvalue weighted by Crippen LogP contribution is 1.91. The Labute approximate surface area is 95.8 Å². The number of rotatable bonds is 8. The molecule has 0 aromatic rings. The van der Waals surface area contributed by atoms with E-state index in [9.17, 15) is 9.59 Å². The second-order valence-corrected chi connectivity index (χ2v) is 3.86. The molecule has 1 amide bonds. The van der Waals surface area contributed by atoms with Crippen LogP contribution in [-0.4, -0.2) is 74.2 Å². The van der Waals surface area contributed by atoms with E-state index in [-0.39, 0.29) is 12.5 Å². The smallest absolute Gasteiger partial charge is 0.329 e. The van der Waals surface area contributed by atoms with E-state index in [0.29, 0.717) is 6.54 Å². The summed E-state index contributed by atoms with van der Waals surface area (Å²) in [4.78, 5) is 25.1. The summed E-state index contributed by atoms with van der Waals surface area (Å²) in [7, 11) is 5.62. The number of carboxylic acids is 1. The molecule has 6 heteroatoms. The van der Waals surface area contributed by atoms with Crippen molar-refractivity contribution in [3.8, 4) is 0 Å². The number of aliphatic carboxylic acids is 1. The van der Waals surface area contributed by atoms with Crippen LogP contribution in [0.5, 0.6) is 0 Å². The Kier molecular flexibility index (Phi) is 7.49. The van der Waals surface area contributed by atoms with Crippen molar-refractivity contribution < 1.29 is 19.4 Å². The van der Waals surface area contributed by atoms with Crippen LogP contribution in [0.15, 0.2) is 0 Å². The highest BCUT2D eigenvalue weighted by atomic mass is 16.5. The Hall–Kier alpha value is -1.14. The summed E-state index contributed by atoms with van der Waals surface area (Å²) in [5, 5.41) is 8.31. The maximum absolute atomic E-state index is 11.4. The molecule has 0 fully saturated rings. The fourth-order valence-electron chi connectivity index (χ4n) is 1.08. The molecule has 0 heterocycles. The van der Waals surface area contributed by atoms with E-state index in [0.717, 1.165) is 13.0 Å². The summed E-state index contributed by atoms with van der Waals surface area (Å²) in [5.74, 6) is -1.26.